The molecule has 230 valence electrons. The van der Waals surface area contributed by atoms with Gasteiger partial charge in [-0.2, -0.15) is 0 Å². The SMILES string of the molecule is Cc1nc2c(sc3nc(-c4cccc(-c5cc(-c6ccccc6)c6c(n5)sc5c(=O)[nH]c(C)nc56)n4)cc(-c4ccccc4)c32)c(=O)[nH]1. The smallest absolute Gasteiger partial charge is 0.268 e. The Morgan fingerprint density at radius 2 is 0.938 bits per heavy atom. The van der Waals surface area contributed by atoms with Crippen LogP contribution in [0.5, 0.6) is 0 Å². The van der Waals surface area contributed by atoms with Gasteiger partial charge in [0.2, 0.25) is 0 Å². The molecule has 2 aromatic carbocycles. The van der Waals surface area contributed by atoms with Gasteiger partial charge >= 0.3 is 0 Å². The van der Waals surface area contributed by atoms with Gasteiger partial charge in [0.25, 0.3) is 11.1 Å². The molecule has 7 heterocycles. The van der Waals surface area contributed by atoms with Gasteiger partial charge in [-0.25, -0.2) is 24.9 Å². The first-order valence-electron chi connectivity index (χ1n) is 15.2. The van der Waals surface area contributed by atoms with E-state index in [2.05, 4.69) is 9.97 Å². The molecule has 0 aliphatic heterocycles. The maximum Gasteiger partial charge on any atom is 0.268 e. The minimum atomic E-state index is -0.175. The van der Waals surface area contributed by atoms with Crippen LogP contribution < -0.4 is 11.1 Å². The second-order valence-corrected chi connectivity index (χ2v) is 13.5. The second-order valence-electron chi connectivity index (χ2n) is 11.5. The molecule has 0 saturated carbocycles. The Kier molecular flexibility index (Phi) is 6.39. The fraction of sp³-hybridized carbons (Fsp3) is 0.0541. The van der Waals surface area contributed by atoms with Gasteiger partial charge in [0, 0.05) is 10.8 Å². The average molecular weight is 662 g/mol. The van der Waals surface area contributed by atoms with Crippen molar-refractivity contribution in [3.05, 3.63) is 123 Å². The summed E-state index contributed by atoms with van der Waals surface area (Å²) in [5.74, 6) is 1.11. The predicted octanol–water partition coefficient (Wildman–Crippen LogP) is 8.06. The molecule has 0 amide bonds. The fourth-order valence-electron chi connectivity index (χ4n) is 6.19. The first-order valence-corrected chi connectivity index (χ1v) is 16.8. The van der Waals surface area contributed by atoms with E-state index >= 15 is 0 Å². The quantitative estimate of drug-likeness (QED) is 0.195. The molecular weight excluding hydrogens is 639 g/mol. The number of thiophene rings is 2. The van der Waals surface area contributed by atoms with E-state index in [1.54, 1.807) is 13.8 Å². The number of aromatic nitrogens is 7. The molecular formula is C37H23N7O2S2. The number of fused-ring (bicyclic) bond motifs is 6. The van der Waals surface area contributed by atoms with Crippen LogP contribution in [0.2, 0.25) is 0 Å². The van der Waals surface area contributed by atoms with Crippen LogP contribution in [0.4, 0.5) is 0 Å². The number of aryl methyl sites for hydroxylation is 2. The lowest BCUT2D eigenvalue weighted by atomic mass is 10.0. The molecule has 11 heteroatoms. The molecule has 48 heavy (non-hydrogen) atoms. The minimum Gasteiger partial charge on any atom is -0.310 e. The third kappa shape index (κ3) is 4.55. The topological polar surface area (TPSA) is 130 Å². The summed E-state index contributed by atoms with van der Waals surface area (Å²) in [5, 5.41) is 1.69. The number of nitrogens with zero attached hydrogens (tertiary/aromatic N) is 5. The van der Waals surface area contributed by atoms with E-state index in [1.807, 2.05) is 91.0 Å². The molecule has 0 aliphatic carbocycles. The number of H-pyrrole nitrogens is 2. The molecule has 0 saturated heterocycles. The molecule has 7 aromatic heterocycles. The Bertz CT molecular complexity index is 2660. The molecule has 0 unspecified atom stereocenters. The van der Waals surface area contributed by atoms with Gasteiger partial charge in [-0.05, 0) is 60.4 Å². The minimum absolute atomic E-state index is 0.175. The van der Waals surface area contributed by atoms with E-state index in [1.165, 1.54) is 22.7 Å². The molecule has 0 fully saturated rings. The highest BCUT2D eigenvalue weighted by Crippen LogP contribution is 2.41. The zero-order valence-corrected chi connectivity index (χ0v) is 27.2. The van der Waals surface area contributed by atoms with Crippen molar-refractivity contribution < 1.29 is 0 Å². The maximum atomic E-state index is 12.9. The number of benzene rings is 2. The van der Waals surface area contributed by atoms with Crippen molar-refractivity contribution >= 4 is 63.5 Å². The number of pyridine rings is 3. The Balaban J connectivity index is 1.27. The Morgan fingerprint density at radius 3 is 1.38 bits per heavy atom. The van der Waals surface area contributed by atoms with Crippen LogP contribution in [0, 0.1) is 13.8 Å². The van der Waals surface area contributed by atoms with Crippen molar-refractivity contribution in [2.45, 2.75) is 13.8 Å². The molecule has 0 atom stereocenters. The lowest BCUT2D eigenvalue weighted by Crippen LogP contribution is -2.07. The van der Waals surface area contributed by atoms with E-state index in [4.69, 9.17) is 24.9 Å². The molecule has 9 nitrogen and oxygen atoms in total. The van der Waals surface area contributed by atoms with Crippen LogP contribution in [-0.4, -0.2) is 34.9 Å². The van der Waals surface area contributed by atoms with Gasteiger partial charge in [-0.15, -0.1) is 22.7 Å². The van der Waals surface area contributed by atoms with Crippen LogP contribution in [0.1, 0.15) is 11.6 Å². The van der Waals surface area contributed by atoms with E-state index in [-0.39, 0.29) is 11.1 Å². The van der Waals surface area contributed by atoms with Gasteiger partial charge in [-0.3, -0.25) is 9.59 Å². The van der Waals surface area contributed by atoms with Crippen LogP contribution in [0.25, 0.3) is 85.9 Å². The Labute approximate surface area is 279 Å². The number of nitrogens with one attached hydrogen (secondary N) is 2. The summed E-state index contributed by atoms with van der Waals surface area (Å²) >= 11 is 2.66. The zero-order valence-electron chi connectivity index (χ0n) is 25.5. The fourth-order valence-corrected chi connectivity index (χ4v) is 8.26. The highest BCUT2D eigenvalue weighted by molar-refractivity contribution is 7.25. The summed E-state index contributed by atoms with van der Waals surface area (Å²) in [4.78, 5) is 57.5. The van der Waals surface area contributed by atoms with Crippen LogP contribution in [0.15, 0.2) is 101 Å². The summed E-state index contributed by atoms with van der Waals surface area (Å²) < 4.78 is 1.08. The molecule has 0 radical (unpaired) electrons. The Morgan fingerprint density at radius 1 is 0.500 bits per heavy atom. The number of rotatable bonds is 4. The van der Waals surface area contributed by atoms with Crippen molar-refractivity contribution in [3.63, 3.8) is 0 Å². The largest absolute Gasteiger partial charge is 0.310 e. The molecule has 9 aromatic rings. The van der Waals surface area contributed by atoms with E-state index in [9.17, 15) is 9.59 Å². The van der Waals surface area contributed by atoms with Gasteiger partial charge in [0.05, 0.1) is 33.8 Å². The standard InChI is InChI=1S/C37H23N7O2S2/c1-18-38-30-28-22(20-10-5-3-6-11-20)16-26(43-36(28)47-32(30)34(45)40-18)24-14-9-15-25(42-24)27-17-23(21-12-7-4-8-13-21)29-31-33(48-37(29)44-27)35(46)41-19(2)39-31/h3-17H,1-2H3,(H,38,40,45)(H,39,41,46). The van der Waals surface area contributed by atoms with Gasteiger partial charge in [0.15, 0.2) is 0 Å². The first-order chi connectivity index (χ1) is 23.4. The third-order valence-electron chi connectivity index (χ3n) is 8.28. The van der Waals surface area contributed by atoms with Crippen molar-refractivity contribution in [3.8, 4) is 45.0 Å². The molecule has 0 aliphatic rings. The van der Waals surface area contributed by atoms with Crippen LogP contribution in [-0.2, 0) is 0 Å². The first kappa shape index (κ1) is 28.3. The maximum absolute atomic E-state index is 12.9. The van der Waals surface area contributed by atoms with E-state index in [0.29, 0.717) is 64.5 Å². The van der Waals surface area contributed by atoms with E-state index < -0.39 is 0 Å². The predicted molar refractivity (Wildman–Crippen MR) is 194 cm³/mol. The van der Waals surface area contributed by atoms with Crippen LogP contribution in [0.3, 0.4) is 0 Å². The van der Waals surface area contributed by atoms with Crippen molar-refractivity contribution in [1.82, 2.24) is 34.9 Å². The lowest BCUT2D eigenvalue weighted by Gasteiger charge is -2.10. The highest BCUT2D eigenvalue weighted by atomic mass is 32.1. The van der Waals surface area contributed by atoms with Crippen LogP contribution >= 0.6 is 22.7 Å². The van der Waals surface area contributed by atoms with Crippen molar-refractivity contribution in [1.29, 1.82) is 0 Å². The zero-order chi connectivity index (χ0) is 32.5. The summed E-state index contributed by atoms with van der Waals surface area (Å²) in [6, 6.07) is 29.9. The molecule has 9 rings (SSSR count). The molecule has 2 N–H and O–H groups in total. The number of aromatic amines is 2. The number of hydrogen-bond donors (Lipinski definition) is 2. The van der Waals surface area contributed by atoms with Gasteiger partial charge in [-0.1, -0.05) is 66.7 Å². The summed E-state index contributed by atoms with van der Waals surface area (Å²) in [6.45, 7) is 3.57. The van der Waals surface area contributed by atoms with Crippen molar-refractivity contribution in [2.75, 3.05) is 0 Å². The van der Waals surface area contributed by atoms with Crippen molar-refractivity contribution in [2.24, 2.45) is 0 Å². The molecule has 0 spiro atoms. The normalized spacial score (nSPS) is 11.7. The average Bonchev–Trinajstić information content (AvgIpc) is 3.67. The summed E-state index contributed by atoms with van der Waals surface area (Å²) in [7, 11) is 0. The van der Waals surface area contributed by atoms with Gasteiger partial charge < -0.3 is 9.97 Å². The van der Waals surface area contributed by atoms with Gasteiger partial charge in [0.1, 0.15) is 30.7 Å². The lowest BCUT2D eigenvalue weighted by molar-refractivity contribution is 1.07. The number of hydrogen-bond acceptors (Lipinski definition) is 9. The van der Waals surface area contributed by atoms with E-state index in [0.717, 1.165) is 33.0 Å². The third-order valence-corrected chi connectivity index (χ3v) is 10.4. The monoisotopic (exact) mass is 661 g/mol. The second kappa shape index (κ2) is 10.8. The summed E-state index contributed by atoms with van der Waals surface area (Å²) in [6.07, 6.45) is 0. The summed E-state index contributed by atoms with van der Waals surface area (Å²) in [5.41, 5.74) is 7.44. The highest BCUT2D eigenvalue weighted by Gasteiger charge is 2.21. The molecule has 0 bridgehead atoms. The Hall–Kier alpha value is -5.91.